The Morgan fingerprint density at radius 3 is 2.50 bits per heavy atom. The normalized spacial score (nSPS) is 13.0. The van der Waals surface area contributed by atoms with Crippen molar-refractivity contribution < 1.29 is 4.39 Å². The molecule has 0 amide bonds. The Hall–Kier alpha value is -0.890. The Kier molecular flexibility index (Phi) is 6.34. The van der Waals surface area contributed by atoms with Gasteiger partial charge in [0.05, 0.1) is 0 Å². The second-order valence-electron chi connectivity index (χ2n) is 5.48. The van der Waals surface area contributed by atoms with Crippen LogP contribution in [0.4, 0.5) is 4.39 Å². The molecule has 1 aromatic carbocycles. The smallest absolute Gasteiger partial charge is 0.123 e. The Morgan fingerprint density at radius 2 is 1.94 bits per heavy atom. The summed E-state index contributed by atoms with van der Waals surface area (Å²) in [6.45, 7) is 9.67. The van der Waals surface area contributed by atoms with Crippen LogP contribution < -0.4 is 5.32 Å². The van der Waals surface area contributed by atoms with Crippen molar-refractivity contribution in [1.82, 2.24) is 5.32 Å². The van der Waals surface area contributed by atoms with Crippen LogP contribution in [0, 0.1) is 18.7 Å². The van der Waals surface area contributed by atoms with Crippen LogP contribution in [0.15, 0.2) is 18.2 Å². The predicted molar refractivity (Wildman–Crippen MR) is 76.4 cm³/mol. The van der Waals surface area contributed by atoms with Crippen molar-refractivity contribution in [1.29, 1.82) is 0 Å². The van der Waals surface area contributed by atoms with Gasteiger partial charge < -0.3 is 5.32 Å². The van der Waals surface area contributed by atoms with Gasteiger partial charge in [0.15, 0.2) is 0 Å². The molecule has 0 aliphatic carbocycles. The van der Waals surface area contributed by atoms with Gasteiger partial charge in [0.2, 0.25) is 0 Å². The van der Waals surface area contributed by atoms with Gasteiger partial charge in [-0.25, -0.2) is 4.39 Å². The van der Waals surface area contributed by atoms with E-state index >= 15 is 0 Å². The molecule has 0 aliphatic heterocycles. The minimum absolute atomic E-state index is 0.118. The minimum Gasteiger partial charge on any atom is -0.314 e. The summed E-state index contributed by atoms with van der Waals surface area (Å²) in [5.41, 5.74) is 2.11. The van der Waals surface area contributed by atoms with Crippen molar-refractivity contribution in [3.8, 4) is 0 Å². The first kappa shape index (κ1) is 15.2. The van der Waals surface area contributed by atoms with E-state index in [1.807, 2.05) is 6.92 Å². The first-order chi connectivity index (χ1) is 8.52. The third-order valence-corrected chi connectivity index (χ3v) is 3.31. The van der Waals surface area contributed by atoms with Gasteiger partial charge >= 0.3 is 0 Å². The van der Waals surface area contributed by atoms with Crippen molar-refractivity contribution in [2.75, 3.05) is 6.54 Å². The van der Waals surface area contributed by atoms with Gasteiger partial charge in [-0.3, -0.25) is 0 Å². The summed E-state index contributed by atoms with van der Waals surface area (Å²) in [5, 5.41) is 3.57. The van der Waals surface area contributed by atoms with Crippen LogP contribution in [-0.2, 0) is 6.42 Å². The second-order valence-corrected chi connectivity index (χ2v) is 5.48. The highest BCUT2D eigenvalue weighted by Gasteiger charge is 2.12. The Morgan fingerprint density at radius 1 is 1.22 bits per heavy atom. The van der Waals surface area contributed by atoms with Crippen LogP contribution in [0.2, 0.25) is 0 Å². The highest BCUT2D eigenvalue weighted by Crippen LogP contribution is 2.14. The molecule has 0 saturated heterocycles. The van der Waals surface area contributed by atoms with Gasteiger partial charge in [-0.05, 0) is 61.9 Å². The van der Waals surface area contributed by atoms with E-state index in [9.17, 15) is 4.39 Å². The van der Waals surface area contributed by atoms with Gasteiger partial charge in [-0.15, -0.1) is 0 Å². The Bertz CT molecular complexity index is 340. The topological polar surface area (TPSA) is 12.0 Å². The number of aryl methyl sites for hydroxylation is 2. The van der Waals surface area contributed by atoms with E-state index in [-0.39, 0.29) is 5.82 Å². The van der Waals surface area contributed by atoms with E-state index in [0.717, 1.165) is 36.9 Å². The van der Waals surface area contributed by atoms with Gasteiger partial charge in [-0.1, -0.05) is 26.8 Å². The molecule has 0 bridgehead atoms. The maximum absolute atomic E-state index is 13.3. The molecular weight excluding hydrogens is 225 g/mol. The fourth-order valence-electron chi connectivity index (χ4n) is 2.28. The highest BCUT2D eigenvalue weighted by atomic mass is 19.1. The Labute approximate surface area is 111 Å². The molecule has 1 atom stereocenters. The fourth-order valence-corrected chi connectivity index (χ4v) is 2.28. The number of hydrogen-bond donors (Lipinski definition) is 1. The molecule has 0 fully saturated rings. The van der Waals surface area contributed by atoms with Crippen LogP contribution in [0.25, 0.3) is 0 Å². The lowest BCUT2D eigenvalue weighted by Crippen LogP contribution is -2.34. The number of nitrogens with one attached hydrogen (secondary N) is 1. The second kappa shape index (κ2) is 7.52. The van der Waals surface area contributed by atoms with E-state index in [2.05, 4.69) is 32.2 Å². The number of benzene rings is 1. The average Bonchev–Trinajstić information content (AvgIpc) is 2.27. The number of rotatable bonds is 7. The van der Waals surface area contributed by atoms with Crippen molar-refractivity contribution in [2.24, 2.45) is 5.92 Å². The SMILES string of the molecule is CCCNC(CCc1cc(C)cc(F)c1)C(C)C. The van der Waals surface area contributed by atoms with Crippen molar-refractivity contribution >= 4 is 0 Å². The molecule has 0 radical (unpaired) electrons. The largest absolute Gasteiger partial charge is 0.314 e. The average molecular weight is 251 g/mol. The maximum atomic E-state index is 13.3. The first-order valence-electron chi connectivity index (χ1n) is 7.02. The summed E-state index contributed by atoms with van der Waals surface area (Å²) in [7, 11) is 0. The van der Waals surface area contributed by atoms with E-state index in [1.54, 1.807) is 12.1 Å². The van der Waals surface area contributed by atoms with E-state index < -0.39 is 0 Å². The molecule has 0 aromatic heterocycles. The zero-order chi connectivity index (χ0) is 13.5. The fraction of sp³-hybridized carbons (Fsp3) is 0.625. The molecule has 0 heterocycles. The van der Waals surface area contributed by atoms with E-state index in [4.69, 9.17) is 0 Å². The molecular formula is C16H26FN. The lowest BCUT2D eigenvalue weighted by atomic mass is 9.96. The molecule has 1 unspecified atom stereocenters. The number of halogens is 1. The quantitative estimate of drug-likeness (QED) is 0.769. The van der Waals surface area contributed by atoms with Crippen LogP contribution in [-0.4, -0.2) is 12.6 Å². The molecule has 1 rings (SSSR count). The molecule has 0 aliphatic rings. The lowest BCUT2D eigenvalue weighted by molar-refractivity contribution is 0.378. The van der Waals surface area contributed by atoms with Crippen LogP contribution in [0.1, 0.15) is 44.7 Å². The molecule has 0 spiro atoms. The summed E-state index contributed by atoms with van der Waals surface area (Å²) in [4.78, 5) is 0. The summed E-state index contributed by atoms with van der Waals surface area (Å²) >= 11 is 0. The van der Waals surface area contributed by atoms with Gasteiger partial charge in [0.25, 0.3) is 0 Å². The van der Waals surface area contributed by atoms with Gasteiger partial charge in [-0.2, -0.15) is 0 Å². The molecule has 102 valence electrons. The third kappa shape index (κ3) is 5.18. The van der Waals surface area contributed by atoms with Gasteiger partial charge in [0, 0.05) is 6.04 Å². The predicted octanol–water partition coefficient (Wildman–Crippen LogP) is 4.09. The van der Waals surface area contributed by atoms with Crippen LogP contribution in [0.5, 0.6) is 0 Å². The zero-order valence-corrected chi connectivity index (χ0v) is 12.1. The molecule has 1 aromatic rings. The summed E-state index contributed by atoms with van der Waals surface area (Å²) in [5.74, 6) is 0.499. The van der Waals surface area contributed by atoms with Gasteiger partial charge in [0.1, 0.15) is 5.82 Å². The van der Waals surface area contributed by atoms with Crippen LogP contribution >= 0.6 is 0 Å². The van der Waals surface area contributed by atoms with Crippen LogP contribution in [0.3, 0.4) is 0 Å². The molecule has 1 N–H and O–H groups in total. The summed E-state index contributed by atoms with van der Waals surface area (Å²) in [6.07, 6.45) is 3.17. The van der Waals surface area contributed by atoms with E-state index in [0.29, 0.717) is 12.0 Å². The lowest BCUT2D eigenvalue weighted by Gasteiger charge is -2.22. The minimum atomic E-state index is -0.118. The standard InChI is InChI=1S/C16H26FN/c1-5-8-18-16(12(2)3)7-6-14-9-13(4)10-15(17)11-14/h9-12,16,18H,5-8H2,1-4H3. The molecule has 1 nitrogen and oxygen atoms in total. The third-order valence-electron chi connectivity index (χ3n) is 3.31. The molecule has 0 saturated carbocycles. The monoisotopic (exact) mass is 251 g/mol. The van der Waals surface area contributed by atoms with E-state index in [1.165, 1.54) is 0 Å². The highest BCUT2D eigenvalue weighted by molar-refractivity contribution is 5.23. The zero-order valence-electron chi connectivity index (χ0n) is 12.1. The molecule has 2 heteroatoms. The summed E-state index contributed by atoms with van der Waals surface area (Å²) in [6, 6.07) is 5.84. The van der Waals surface area contributed by atoms with Crippen molar-refractivity contribution in [3.63, 3.8) is 0 Å². The van der Waals surface area contributed by atoms with Crippen molar-refractivity contribution in [2.45, 2.75) is 53.0 Å². The van der Waals surface area contributed by atoms with Crippen molar-refractivity contribution in [3.05, 3.63) is 35.1 Å². The first-order valence-corrected chi connectivity index (χ1v) is 7.02. The molecule has 18 heavy (non-hydrogen) atoms. The Balaban J connectivity index is 2.55. The number of hydrogen-bond acceptors (Lipinski definition) is 1. The maximum Gasteiger partial charge on any atom is 0.123 e. The summed E-state index contributed by atoms with van der Waals surface area (Å²) < 4.78 is 13.3.